The summed E-state index contributed by atoms with van der Waals surface area (Å²) in [6.07, 6.45) is 4.73. The number of aromatic nitrogens is 2. The third-order valence-corrected chi connectivity index (χ3v) is 4.81. The minimum absolute atomic E-state index is 0.0740. The molecule has 25 heavy (non-hydrogen) atoms. The summed E-state index contributed by atoms with van der Waals surface area (Å²) >= 11 is 0. The summed E-state index contributed by atoms with van der Waals surface area (Å²) in [6.45, 7) is 7.21. The second kappa shape index (κ2) is 7.18. The van der Waals surface area contributed by atoms with E-state index in [9.17, 15) is 5.11 Å². The van der Waals surface area contributed by atoms with Crippen molar-refractivity contribution in [3.8, 4) is 17.0 Å². The molecule has 0 aliphatic heterocycles. The van der Waals surface area contributed by atoms with Gasteiger partial charge in [0.1, 0.15) is 5.75 Å². The molecule has 2 aromatic rings. The SMILES string of the molecule is COc1cccc(-c2nn(C(C)(C)C)cc2CN[C@H]2CC[C@@H](O)C2)c1. The number of benzene rings is 1. The van der Waals surface area contributed by atoms with Gasteiger partial charge in [0.25, 0.3) is 0 Å². The van der Waals surface area contributed by atoms with E-state index < -0.39 is 0 Å². The van der Waals surface area contributed by atoms with Crippen molar-refractivity contribution < 1.29 is 9.84 Å². The summed E-state index contributed by atoms with van der Waals surface area (Å²) < 4.78 is 7.40. The Morgan fingerprint density at radius 1 is 1.32 bits per heavy atom. The fourth-order valence-corrected chi connectivity index (χ4v) is 3.29. The van der Waals surface area contributed by atoms with E-state index in [-0.39, 0.29) is 11.6 Å². The number of hydrogen-bond donors (Lipinski definition) is 2. The molecule has 5 heteroatoms. The Kier molecular flexibility index (Phi) is 5.16. The Bertz CT molecular complexity index is 718. The molecule has 2 atom stereocenters. The zero-order valence-corrected chi connectivity index (χ0v) is 15.6. The maximum Gasteiger partial charge on any atom is 0.119 e. The minimum Gasteiger partial charge on any atom is -0.497 e. The van der Waals surface area contributed by atoms with Crippen LogP contribution in [0.15, 0.2) is 30.5 Å². The van der Waals surface area contributed by atoms with Crippen LogP contribution in [-0.2, 0) is 12.1 Å². The Balaban J connectivity index is 1.88. The average Bonchev–Trinajstić information content (AvgIpc) is 3.19. The lowest BCUT2D eigenvalue weighted by Gasteiger charge is -2.19. The van der Waals surface area contributed by atoms with Crippen molar-refractivity contribution in [2.75, 3.05) is 7.11 Å². The smallest absolute Gasteiger partial charge is 0.119 e. The van der Waals surface area contributed by atoms with Crippen LogP contribution < -0.4 is 10.1 Å². The average molecular weight is 343 g/mol. The third-order valence-electron chi connectivity index (χ3n) is 4.81. The number of nitrogens with one attached hydrogen (secondary N) is 1. The van der Waals surface area contributed by atoms with Gasteiger partial charge < -0.3 is 15.2 Å². The van der Waals surface area contributed by atoms with Crippen LogP contribution in [0.5, 0.6) is 5.75 Å². The highest BCUT2D eigenvalue weighted by Crippen LogP contribution is 2.28. The Morgan fingerprint density at radius 2 is 2.12 bits per heavy atom. The number of aliphatic hydroxyl groups excluding tert-OH is 1. The molecule has 136 valence electrons. The highest BCUT2D eigenvalue weighted by Gasteiger charge is 2.24. The standard InChI is InChI=1S/C20H29N3O2/c1-20(2,3)23-13-15(12-21-16-8-9-17(24)11-16)19(22-23)14-6-5-7-18(10-14)25-4/h5-7,10,13,16-17,21,24H,8-9,11-12H2,1-4H3/t16-,17+/m0/s1. The van der Waals surface area contributed by atoms with E-state index in [1.165, 1.54) is 5.56 Å². The van der Waals surface area contributed by atoms with Crippen molar-refractivity contribution in [2.24, 2.45) is 0 Å². The molecule has 5 nitrogen and oxygen atoms in total. The van der Waals surface area contributed by atoms with Gasteiger partial charge in [-0.2, -0.15) is 5.10 Å². The number of aliphatic hydroxyl groups is 1. The van der Waals surface area contributed by atoms with Crippen molar-refractivity contribution in [3.05, 3.63) is 36.0 Å². The van der Waals surface area contributed by atoms with Gasteiger partial charge in [0.05, 0.1) is 24.4 Å². The van der Waals surface area contributed by atoms with Gasteiger partial charge in [-0.25, -0.2) is 0 Å². The molecule has 1 aromatic carbocycles. The second-order valence-electron chi connectivity index (χ2n) is 7.89. The molecule has 1 aromatic heterocycles. The van der Waals surface area contributed by atoms with Crippen molar-refractivity contribution >= 4 is 0 Å². The van der Waals surface area contributed by atoms with Gasteiger partial charge in [-0.1, -0.05) is 12.1 Å². The molecule has 1 heterocycles. The van der Waals surface area contributed by atoms with Gasteiger partial charge in [0.15, 0.2) is 0 Å². The summed E-state index contributed by atoms with van der Waals surface area (Å²) in [4.78, 5) is 0. The molecule has 0 amide bonds. The fraction of sp³-hybridized carbons (Fsp3) is 0.550. The number of rotatable bonds is 5. The zero-order chi connectivity index (χ0) is 18.0. The van der Waals surface area contributed by atoms with E-state index in [4.69, 9.17) is 9.84 Å². The van der Waals surface area contributed by atoms with Crippen LogP contribution in [-0.4, -0.2) is 34.1 Å². The van der Waals surface area contributed by atoms with Crippen LogP contribution in [0, 0.1) is 0 Å². The van der Waals surface area contributed by atoms with E-state index in [0.717, 1.165) is 42.8 Å². The Morgan fingerprint density at radius 3 is 2.76 bits per heavy atom. The molecule has 1 saturated carbocycles. The number of methoxy groups -OCH3 is 1. The van der Waals surface area contributed by atoms with Crippen LogP contribution in [0.4, 0.5) is 0 Å². The molecule has 1 aliphatic rings. The molecule has 2 N–H and O–H groups in total. The fourth-order valence-electron chi connectivity index (χ4n) is 3.29. The minimum atomic E-state index is -0.160. The van der Waals surface area contributed by atoms with Crippen LogP contribution in [0.2, 0.25) is 0 Å². The Labute approximate surface area is 150 Å². The third kappa shape index (κ3) is 4.22. The lowest BCUT2D eigenvalue weighted by Crippen LogP contribution is -2.26. The summed E-state index contributed by atoms with van der Waals surface area (Å²) in [7, 11) is 1.68. The van der Waals surface area contributed by atoms with Gasteiger partial charge in [0.2, 0.25) is 0 Å². The van der Waals surface area contributed by atoms with Crippen LogP contribution >= 0.6 is 0 Å². The predicted molar refractivity (Wildman–Crippen MR) is 99.7 cm³/mol. The molecule has 0 unspecified atom stereocenters. The first-order valence-corrected chi connectivity index (χ1v) is 9.01. The molecule has 0 radical (unpaired) electrons. The van der Waals surface area contributed by atoms with Gasteiger partial charge in [0, 0.05) is 29.9 Å². The summed E-state index contributed by atoms with van der Waals surface area (Å²) in [5, 5.41) is 18.2. The molecule has 0 bridgehead atoms. The van der Waals surface area contributed by atoms with E-state index >= 15 is 0 Å². The van der Waals surface area contributed by atoms with Crippen LogP contribution in [0.1, 0.15) is 45.6 Å². The normalized spacial score (nSPS) is 20.8. The Hall–Kier alpha value is -1.85. The first-order valence-electron chi connectivity index (χ1n) is 9.01. The molecule has 0 spiro atoms. The number of ether oxygens (including phenoxy) is 1. The number of nitrogens with zero attached hydrogens (tertiary/aromatic N) is 2. The molecular weight excluding hydrogens is 314 g/mol. The quantitative estimate of drug-likeness (QED) is 0.874. The molecule has 3 rings (SSSR count). The molecule has 1 fully saturated rings. The highest BCUT2D eigenvalue weighted by atomic mass is 16.5. The summed E-state index contributed by atoms with van der Waals surface area (Å²) in [5.41, 5.74) is 3.14. The summed E-state index contributed by atoms with van der Waals surface area (Å²) in [5.74, 6) is 0.834. The maximum absolute atomic E-state index is 9.73. The van der Waals surface area contributed by atoms with Crippen LogP contribution in [0.3, 0.4) is 0 Å². The van der Waals surface area contributed by atoms with E-state index in [2.05, 4.69) is 38.4 Å². The molecule has 0 saturated heterocycles. The van der Waals surface area contributed by atoms with Gasteiger partial charge >= 0.3 is 0 Å². The van der Waals surface area contributed by atoms with E-state index in [0.29, 0.717) is 6.04 Å². The monoisotopic (exact) mass is 343 g/mol. The lowest BCUT2D eigenvalue weighted by atomic mass is 10.1. The van der Waals surface area contributed by atoms with E-state index in [1.807, 2.05) is 22.9 Å². The van der Waals surface area contributed by atoms with Crippen molar-refractivity contribution in [1.29, 1.82) is 0 Å². The first kappa shape index (κ1) is 18.0. The zero-order valence-electron chi connectivity index (χ0n) is 15.6. The summed E-state index contributed by atoms with van der Waals surface area (Å²) in [6, 6.07) is 8.42. The van der Waals surface area contributed by atoms with Gasteiger partial charge in [-0.05, 0) is 52.2 Å². The van der Waals surface area contributed by atoms with Crippen molar-refractivity contribution in [2.45, 2.75) is 64.3 Å². The highest BCUT2D eigenvalue weighted by molar-refractivity contribution is 5.64. The number of hydrogen-bond acceptors (Lipinski definition) is 4. The maximum atomic E-state index is 9.73. The lowest BCUT2D eigenvalue weighted by molar-refractivity contribution is 0.179. The topological polar surface area (TPSA) is 59.3 Å². The van der Waals surface area contributed by atoms with Gasteiger partial charge in [-0.3, -0.25) is 4.68 Å². The van der Waals surface area contributed by atoms with E-state index in [1.54, 1.807) is 7.11 Å². The van der Waals surface area contributed by atoms with Gasteiger partial charge in [-0.15, -0.1) is 0 Å². The van der Waals surface area contributed by atoms with Crippen molar-refractivity contribution in [3.63, 3.8) is 0 Å². The molecular formula is C20H29N3O2. The predicted octanol–water partition coefficient (Wildman–Crippen LogP) is 3.32. The largest absolute Gasteiger partial charge is 0.497 e. The second-order valence-corrected chi connectivity index (χ2v) is 7.89. The van der Waals surface area contributed by atoms with Crippen molar-refractivity contribution in [1.82, 2.24) is 15.1 Å². The van der Waals surface area contributed by atoms with Crippen LogP contribution in [0.25, 0.3) is 11.3 Å². The molecule has 1 aliphatic carbocycles. The first-order chi connectivity index (χ1) is 11.9.